The monoisotopic (exact) mass is 809 g/mol. The molecule has 6 amide bonds. The molecule has 0 aliphatic carbocycles. The number of hydrogen-bond acceptors (Lipinski definition) is 10. The Kier molecular flexibility index (Phi) is 18.5. The minimum Gasteiger partial charge on any atom is -0.484 e. The van der Waals surface area contributed by atoms with Crippen LogP contribution in [0.5, 0.6) is 5.75 Å². The maximum Gasteiger partial charge on any atom is 0.326 e. The van der Waals surface area contributed by atoms with Gasteiger partial charge in [0.05, 0.1) is 18.5 Å². The second-order valence-corrected chi connectivity index (χ2v) is 12.7. The maximum absolute atomic E-state index is 13.1. The largest absolute Gasteiger partial charge is 0.484 e. The molecule has 0 radical (unpaired) electrons. The summed E-state index contributed by atoms with van der Waals surface area (Å²) in [5, 5.41) is 42.1. The van der Waals surface area contributed by atoms with E-state index in [1.54, 1.807) is 36.4 Å². The average Bonchev–Trinajstić information content (AvgIpc) is 3.18. The Morgan fingerprint density at radius 2 is 1.28 bits per heavy atom. The van der Waals surface area contributed by atoms with Crippen molar-refractivity contribution in [2.24, 2.45) is 0 Å². The molecule has 0 unspecified atom stereocenters. The zero-order valence-electron chi connectivity index (χ0n) is 31.1. The van der Waals surface area contributed by atoms with Gasteiger partial charge in [-0.3, -0.25) is 24.0 Å². The third-order valence-electron chi connectivity index (χ3n) is 8.12. The van der Waals surface area contributed by atoms with Crippen LogP contribution < -0.4 is 36.6 Å². The lowest BCUT2D eigenvalue weighted by molar-refractivity contribution is -0.145. The van der Waals surface area contributed by atoms with Crippen molar-refractivity contribution in [1.82, 2.24) is 36.9 Å². The molecule has 310 valence electrons. The third kappa shape index (κ3) is 17.1. The van der Waals surface area contributed by atoms with Crippen LogP contribution in [0.1, 0.15) is 47.2 Å². The fourth-order valence-corrected chi connectivity index (χ4v) is 5.17. The van der Waals surface area contributed by atoms with Crippen molar-refractivity contribution in [3.8, 4) is 5.75 Å². The molecule has 58 heavy (non-hydrogen) atoms. The van der Waals surface area contributed by atoms with E-state index in [1.165, 1.54) is 18.2 Å². The van der Waals surface area contributed by atoms with E-state index in [0.29, 0.717) is 24.8 Å². The molecule has 1 aromatic heterocycles. The number of nitrogens with zero attached hydrogens (tertiary/aromatic N) is 1. The highest BCUT2D eigenvalue weighted by Crippen LogP contribution is 2.14. The number of ether oxygens (including phenoxy) is 1. The Morgan fingerprint density at radius 3 is 1.90 bits per heavy atom. The van der Waals surface area contributed by atoms with Gasteiger partial charge in [-0.1, -0.05) is 42.5 Å². The molecule has 0 aliphatic rings. The molecule has 2 aromatic carbocycles. The summed E-state index contributed by atoms with van der Waals surface area (Å²) in [6, 6.07) is 12.6. The van der Waals surface area contributed by atoms with Gasteiger partial charge in [-0.15, -0.1) is 0 Å². The summed E-state index contributed by atoms with van der Waals surface area (Å²) in [6.07, 6.45) is 1.87. The second kappa shape index (κ2) is 23.7. The predicted octanol–water partition coefficient (Wildman–Crippen LogP) is 0.383. The molecule has 0 fully saturated rings. The fourth-order valence-electron chi connectivity index (χ4n) is 5.17. The van der Waals surface area contributed by atoms with Gasteiger partial charge in [-0.2, -0.15) is 4.39 Å². The standard InChI is InChI=1S/C38H44FN7O12/c39-30-14-11-25(20-42-30)34(51)43-21-31(47)45-28(36(53)54)18-24-9-12-26(13-10-24)58-22-32(48)44-27(17-23-7-3-1-4-8-23)35(52)40-15-5-2-6-16-41-38(57)46-29(37(55)56)19-33(49)50/h1,3-4,7-14,20,27-29H,2,5-6,15-19,21-22H2,(H,40,52)(H,43,51)(H,44,48)(H,45,47)(H,49,50)(H,53,54)(H,55,56)(H2,41,46,57)/t27-,28-,29-/m0/s1. The number of halogens is 1. The van der Waals surface area contributed by atoms with Crippen molar-refractivity contribution in [2.45, 2.75) is 56.7 Å². The summed E-state index contributed by atoms with van der Waals surface area (Å²) in [5.74, 6) is -7.19. The number of carbonyl (C=O) groups is 8. The zero-order valence-corrected chi connectivity index (χ0v) is 31.1. The highest BCUT2D eigenvalue weighted by atomic mass is 19.1. The molecule has 0 bridgehead atoms. The van der Waals surface area contributed by atoms with E-state index in [4.69, 9.17) is 14.9 Å². The van der Waals surface area contributed by atoms with E-state index in [-0.39, 0.29) is 37.2 Å². The molecule has 1 heterocycles. The van der Waals surface area contributed by atoms with Gasteiger partial charge in [0.15, 0.2) is 6.61 Å². The Balaban J connectivity index is 1.43. The number of amides is 6. The van der Waals surface area contributed by atoms with Crippen LogP contribution in [-0.2, 0) is 41.6 Å². The Labute approximate surface area is 331 Å². The van der Waals surface area contributed by atoms with Crippen molar-refractivity contribution >= 4 is 47.6 Å². The van der Waals surface area contributed by atoms with E-state index in [2.05, 4.69) is 36.9 Å². The van der Waals surface area contributed by atoms with Gasteiger partial charge in [-0.25, -0.2) is 19.4 Å². The summed E-state index contributed by atoms with van der Waals surface area (Å²) in [5.41, 5.74) is 1.31. The number of carboxylic acid groups (broad SMARTS) is 3. The predicted molar refractivity (Wildman–Crippen MR) is 201 cm³/mol. The first kappa shape index (κ1) is 45.3. The number of nitrogens with one attached hydrogen (secondary N) is 6. The number of aliphatic carboxylic acids is 3. The van der Waals surface area contributed by atoms with Crippen LogP contribution in [-0.4, -0.2) is 112 Å². The number of rotatable bonds is 24. The number of pyridine rings is 1. The molecule has 0 saturated heterocycles. The van der Waals surface area contributed by atoms with Gasteiger partial charge in [0, 0.05) is 32.1 Å². The molecule has 9 N–H and O–H groups in total. The average molecular weight is 810 g/mol. The number of benzene rings is 2. The normalized spacial score (nSPS) is 12.1. The van der Waals surface area contributed by atoms with Crippen LogP contribution >= 0.6 is 0 Å². The summed E-state index contributed by atoms with van der Waals surface area (Å²) < 4.78 is 18.6. The van der Waals surface area contributed by atoms with Gasteiger partial charge < -0.3 is 52.0 Å². The maximum atomic E-state index is 13.1. The van der Waals surface area contributed by atoms with Crippen LogP contribution in [0.3, 0.4) is 0 Å². The van der Waals surface area contributed by atoms with Gasteiger partial charge in [0.1, 0.15) is 23.9 Å². The van der Waals surface area contributed by atoms with E-state index in [9.17, 15) is 47.9 Å². The summed E-state index contributed by atoms with van der Waals surface area (Å²) >= 11 is 0. The van der Waals surface area contributed by atoms with Crippen molar-refractivity contribution in [1.29, 1.82) is 0 Å². The van der Waals surface area contributed by atoms with Crippen LogP contribution in [0.25, 0.3) is 0 Å². The van der Waals surface area contributed by atoms with E-state index in [0.717, 1.165) is 17.8 Å². The molecule has 3 atom stereocenters. The molecule has 20 heteroatoms. The quantitative estimate of drug-likeness (QED) is 0.0438. The number of aromatic nitrogens is 1. The first-order valence-electron chi connectivity index (χ1n) is 17.9. The minimum atomic E-state index is -1.57. The fraction of sp³-hybridized carbons (Fsp3) is 0.342. The van der Waals surface area contributed by atoms with Gasteiger partial charge >= 0.3 is 23.9 Å². The lowest BCUT2D eigenvalue weighted by Gasteiger charge is -2.19. The highest BCUT2D eigenvalue weighted by Gasteiger charge is 2.24. The molecular weight excluding hydrogens is 765 g/mol. The Hall–Kier alpha value is -7.12. The van der Waals surface area contributed by atoms with Crippen LogP contribution in [0.2, 0.25) is 0 Å². The van der Waals surface area contributed by atoms with E-state index in [1.807, 2.05) is 6.07 Å². The van der Waals surface area contributed by atoms with E-state index < -0.39 is 91.2 Å². The van der Waals surface area contributed by atoms with Gasteiger partial charge in [0.2, 0.25) is 17.8 Å². The summed E-state index contributed by atoms with van der Waals surface area (Å²) in [6.45, 7) is -0.551. The molecular formula is C38H44FN7O12. The zero-order chi connectivity index (χ0) is 42.5. The van der Waals surface area contributed by atoms with Crippen LogP contribution in [0.15, 0.2) is 72.9 Å². The SMILES string of the molecule is O=C(O)C[C@H](NC(=O)NCCCCCNC(=O)[C@H](Cc1ccccc1)NC(=O)COc1ccc(C[C@H](NC(=O)CNC(=O)c2ccc(F)nc2)C(=O)O)cc1)C(=O)O. The topological polar surface area (TPSA) is 292 Å². The highest BCUT2D eigenvalue weighted by molar-refractivity contribution is 5.96. The molecule has 3 aromatic rings. The van der Waals surface area contributed by atoms with Crippen LogP contribution in [0, 0.1) is 5.95 Å². The number of urea groups is 1. The number of carbonyl (C=O) groups excluding carboxylic acids is 5. The van der Waals surface area contributed by atoms with Crippen molar-refractivity contribution < 1.29 is 62.8 Å². The smallest absolute Gasteiger partial charge is 0.326 e. The number of unbranched alkanes of at least 4 members (excludes halogenated alkanes) is 2. The molecule has 3 rings (SSSR count). The van der Waals surface area contributed by atoms with Crippen molar-refractivity contribution in [2.75, 3.05) is 26.2 Å². The van der Waals surface area contributed by atoms with Gasteiger partial charge in [0.25, 0.3) is 11.8 Å². The number of carboxylic acids is 3. The molecule has 0 saturated carbocycles. The summed E-state index contributed by atoms with van der Waals surface area (Å²) in [7, 11) is 0. The Morgan fingerprint density at radius 1 is 0.655 bits per heavy atom. The van der Waals surface area contributed by atoms with Crippen molar-refractivity contribution in [3.63, 3.8) is 0 Å². The summed E-state index contributed by atoms with van der Waals surface area (Å²) in [4.78, 5) is 99.5. The van der Waals surface area contributed by atoms with Gasteiger partial charge in [-0.05, 0) is 54.7 Å². The lowest BCUT2D eigenvalue weighted by atomic mass is 10.1. The molecule has 0 spiro atoms. The third-order valence-corrected chi connectivity index (χ3v) is 8.12. The van der Waals surface area contributed by atoms with Crippen molar-refractivity contribution in [3.05, 3.63) is 95.6 Å². The van der Waals surface area contributed by atoms with E-state index >= 15 is 0 Å². The minimum absolute atomic E-state index is 0.0117. The molecule has 19 nitrogen and oxygen atoms in total. The molecule has 0 aliphatic heterocycles. The second-order valence-electron chi connectivity index (χ2n) is 12.7. The first-order valence-corrected chi connectivity index (χ1v) is 17.9. The lowest BCUT2D eigenvalue weighted by Crippen LogP contribution is -2.49. The Bertz CT molecular complexity index is 1880. The van der Waals surface area contributed by atoms with Crippen LogP contribution in [0.4, 0.5) is 9.18 Å². The number of hydrogen-bond donors (Lipinski definition) is 9. The first-order chi connectivity index (χ1) is 27.7.